The zero-order valence-corrected chi connectivity index (χ0v) is 12.6. The van der Waals surface area contributed by atoms with Gasteiger partial charge in [-0.15, -0.1) is 0 Å². The van der Waals surface area contributed by atoms with Crippen LogP contribution in [0, 0.1) is 0 Å². The van der Waals surface area contributed by atoms with Crippen molar-refractivity contribution >= 4 is 5.91 Å². The SMILES string of the molecule is CC(C)c1nccn1CC(=O)N(C1CCCC1)C1CC1. The molecule has 0 aromatic carbocycles. The number of imidazole rings is 1. The molecule has 110 valence electrons. The topological polar surface area (TPSA) is 38.1 Å². The molecule has 0 spiro atoms. The Hall–Kier alpha value is -1.32. The second kappa shape index (κ2) is 5.58. The Morgan fingerprint density at radius 2 is 1.95 bits per heavy atom. The van der Waals surface area contributed by atoms with Crippen molar-refractivity contribution in [1.82, 2.24) is 14.5 Å². The van der Waals surface area contributed by atoms with Crippen molar-refractivity contribution in [3.63, 3.8) is 0 Å². The van der Waals surface area contributed by atoms with Gasteiger partial charge in [0.2, 0.25) is 5.91 Å². The first-order chi connectivity index (χ1) is 9.66. The third-order valence-electron chi connectivity index (χ3n) is 4.52. The van der Waals surface area contributed by atoms with Gasteiger partial charge in [-0.1, -0.05) is 26.7 Å². The molecule has 1 aromatic heterocycles. The van der Waals surface area contributed by atoms with Crippen molar-refractivity contribution in [1.29, 1.82) is 0 Å². The maximum atomic E-state index is 12.7. The molecular weight excluding hydrogens is 250 g/mol. The van der Waals surface area contributed by atoms with E-state index in [4.69, 9.17) is 0 Å². The van der Waals surface area contributed by atoms with Gasteiger partial charge >= 0.3 is 0 Å². The second-order valence-corrected chi connectivity index (χ2v) is 6.54. The van der Waals surface area contributed by atoms with Gasteiger partial charge in [-0.2, -0.15) is 0 Å². The summed E-state index contributed by atoms with van der Waals surface area (Å²) in [6.07, 6.45) is 11.1. The van der Waals surface area contributed by atoms with Crippen LogP contribution >= 0.6 is 0 Å². The summed E-state index contributed by atoms with van der Waals surface area (Å²) in [5.41, 5.74) is 0. The van der Waals surface area contributed by atoms with Crippen molar-refractivity contribution in [2.75, 3.05) is 0 Å². The molecule has 0 radical (unpaired) electrons. The Labute approximate surface area is 121 Å². The van der Waals surface area contributed by atoms with Crippen LogP contribution in [0.15, 0.2) is 12.4 Å². The predicted molar refractivity (Wildman–Crippen MR) is 78.4 cm³/mol. The number of nitrogens with zero attached hydrogens (tertiary/aromatic N) is 3. The highest BCUT2D eigenvalue weighted by Crippen LogP contribution is 2.34. The highest BCUT2D eigenvalue weighted by Gasteiger charge is 2.38. The van der Waals surface area contributed by atoms with Crippen LogP contribution in [0.1, 0.15) is 64.1 Å². The zero-order chi connectivity index (χ0) is 14.1. The zero-order valence-electron chi connectivity index (χ0n) is 12.6. The molecule has 4 nitrogen and oxygen atoms in total. The Morgan fingerprint density at radius 3 is 2.55 bits per heavy atom. The van der Waals surface area contributed by atoms with Crippen LogP contribution in [-0.2, 0) is 11.3 Å². The molecule has 0 N–H and O–H groups in total. The summed E-state index contributed by atoms with van der Waals surface area (Å²) >= 11 is 0. The van der Waals surface area contributed by atoms with Crippen molar-refractivity contribution in [2.24, 2.45) is 0 Å². The predicted octanol–water partition coefficient (Wildman–Crippen LogP) is 2.94. The van der Waals surface area contributed by atoms with E-state index >= 15 is 0 Å². The van der Waals surface area contributed by atoms with Gasteiger partial charge in [-0.3, -0.25) is 4.79 Å². The summed E-state index contributed by atoms with van der Waals surface area (Å²) in [7, 11) is 0. The molecule has 4 heteroatoms. The molecule has 1 aromatic rings. The van der Waals surface area contributed by atoms with E-state index in [0.717, 1.165) is 5.82 Å². The van der Waals surface area contributed by atoms with E-state index < -0.39 is 0 Å². The minimum absolute atomic E-state index is 0.291. The smallest absolute Gasteiger partial charge is 0.243 e. The fraction of sp³-hybridized carbons (Fsp3) is 0.750. The first kappa shape index (κ1) is 13.7. The number of rotatable bonds is 5. The summed E-state index contributed by atoms with van der Waals surface area (Å²) in [5.74, 6) is 1.67. The number of amides is 1. The van der Waals surface area contributed by atoms with Crippen LogP contribution in [0.25, 0.3) is 0 Å². The summed E-state index contributed by atoms with van der Waals surface area (Å²) in [6, 6.07) is 1.03. The van der Waals surface area contributed by atoms with Gasteiger partial charge in [0.1, 0.15) is 12.4 Å². The van der Waals surface area contributed by atoms with Crippen molar-refractivity contribution < 1.29 is 4.79 Å². The maximum absolute atomic E-state index is 12.7. The Bertz CT molecular complexity index is 470. The molecule has 0 atom stereocenters. The molecule has 2 fully saturated rings. The molecule has 2 aliphatic rings. The molecular formula is C16H25N3O. The van der Waals surface area contributed by atoms with E-state index in [0.29, 0.717) is 30.5 Å². The lowest BCUT2D eigenvalue weighted by molar-refractivity contribution is -0.134. The van der Waals surface area contributed by atoms with Crippen molar-refractivity contribution in [2.45, 2.75) is 76.9 Å². The van der Waals surface area contributed by atoms with E-state index in [1.54, 1.807) is 6.20 Å². The van der Waals surface area contributed by atoms with Crippen LogP contribution < -0.4 is 0 Å². The molecule has 0 unspecified atom stereocenters. The lowest BCUT2D eigenvalue weighted by Crippen LogP contribution is -2.42. The lowest BCUT2D eigenvalue weighted by Gasteiger charge is -2.29. The van der Waals surface area contributed by atoms with Gasteiger partial charge in [0.25, 0.3) is 0 Å². The monoisotopic (exact) mass is 275 g/mol. The highest BCUT2D eigenvalue weighted by molar-refractivity contribution is 5.77. The minimum atomic E-state index is 0.291. The van der Waals surface area contributed by atoms with E-state index in [-0.39, 0.29) is 0 Å². The van der Waals surface area contributed by atoms with Gasteiger partial charge in [0.15, 0.2) is 0 Å². The van der Waals surface area contributed by atoms with Crippen LogP contribution in [0.5, 0.6) is 0 Å². The molecule has 2 aliphatic carbocycles. The van der Waals surface area contributed by atoms with E-state index in [9.17, 15) is 4.79 Å². The van der Waals surface area contributed by atoms with Gasteiger partial charge in [-0.25, -0.2) is 4.98 Å². The van der Waals surface area contributed by atoms with E-state index in [1.165, 1.54) is 38.5 Å². The number of carbonyl (C=O) groups excluding carboxylic acids is 1. The van der Waals surface area contributed by atoms with Crippen LogP contribution in [-0.4, -0.2) is 32.4 Å². The number of aromatic nitrogens is 2. The van der Waals surface area contributed by atoms with Crippen LogP contribution in [0.2, 0.25) is 0 Å². The first-order valence-corrected chi connectivity index (χ1v) is 7.99. The molecule has 0 aliphatic heterocycles. The highest BCUT2D eigenvalue weighted by atomic mass is 16.2. The van der Waals surface area contributed by atoms with E-state index in [2.05, 4.69) is 23.7 Å². The summed E-state index contributed by atoms with van der Waals surface area (Å²) in [6.45, 7) is 4.71. The standard InChI is InChI=1S/C16H25N3O/c1-12(2)16-17-9-10-18(16)11-15(20)19(14-7-8-14)13-5-3-4-6-13/h9-10,12-14H,3-8,11H2,1-2H3. The number of hydrogen-bond donors (Lipinski definition) is 0. The number of hydrogen-bond acceptors (Lipinski definition) is 2. The van der Waals surface area contributed by atoms with Gasteiger partial charge in [0, 0.05) is 30.4 Å². The van der Waals surface area contributed by atoms with Crippen LogP contribution in [0.3, 0.4) is 0 Å². The average molecular weight is 275 g/mol. The molecule has 1 amide bonds. The van der Waals surface area contributed by atoms with E-state index in [1.807, 2.05) is 10.8 Å². The van der Waals surface area contributed by atoms with Gasteiger partial charge in [0.05, 0.1) is 0 Å². The summed E-state index contributed by atoms with van der Waals surface area (Å²) < 4.78 is 2.03. The fourth-order valence-electron chi connectivity index (χ4n) is 3.42. The summed E-state index contributed by atoms with van der Waals surface area (Å²) in [5, 5.41) is 0. The first-order valence-electron chi connectivity index (χ1n) is 7.99. The van der Waals surface area contributed by atoms with Crippen molar-refractivity contribution in [3.05, 3.63) is 18.2 Å². The fourth-order valence-corrected chi connectivity index (χ4v) is 3.42. The molecule has 20 heavy (non-hydrogen) atoms. The molecule has 1 heterocycles. The molecule has 0 bridgehead atoms. The Balaban J connectivity index is 1.71. The molecule has 0 saturated heterocycles. The van der Waals surface area contributed by atoms with Crippen LogP contribution in [0.4, 0.5) is 0 Å². The minimum Gasteiger partial charge on any atom is -0.335 e. The Morgan fingerprint density at radius 1 is 1.30 bits per heavy atom. The third kappa shape index (κ3) is 2.74. The van der Waals surface area contributed by atoms with Crippen molar-refractivity contribution in [3.8, 4) is 0 Å². The molecule has 3 rings (SSSR count). The maximum Gasteiger partial charge on any atom is 0.243 e. The average Bonchev–Trinajstić information content (AvgIpc) is 2.91. The quantitative estimate of drug-likeness (QED) is 0.828. The third-order valence-corrected chi connectivity index (χ3v) is 4.52. The second-order valence-electron chi connectivity index (χ2n) is 6.54. The van der Waals surface area contributed by atoms with Gasteiger partial charge in [-0.05, 0) is 25.7 Å². The molecule has 2 saturated carbocycles. The number of carbonyl (C=O) groups is 1. The summed E-state index contributed by atoms with van der Waals surface area (Å²) in [4.78, 5) is 19.3. The lowest BCUT2D eigenvalue weighted by atomic mass is 10.2. The van der Waals surface area contributed by atoms with Gasteiger partial charge < -0.3 is 9.47 Å². The normalized spacial score (nSPS) is 19.8. The Kier molecular flexibility index (Phi) is 3.81. The largest absolute Gasteiger partial charge is 0.335 e.